The average molecular weight is 285 g/mol. The number of hydrogen-bond acceptors (Lipinski definition) is 5. The maximum atomic E-state index is 11.1. The van der Waals surface area contributed by atoms with Crippen molar-refractivity contribution in [2.24, 2.45) is 0 Å². The van der Waals surface area contributed by atoms with Gasteiger partial charge in [0, 0.05) is 11.8 Å². The molecule has 0 amide bonds. The third-order valence-corrected chi connectivity index (χ3v) is 2.58. The van der Waals surface area contributed by atoms with Crippen LogP contribution in [0.1, 0.15) is 20.3 Å². The molecule has 0 unspecified atom stereocenters. The number of esters is 1. The van der Waals surface area contributed by atoms with Gasteiger partial charge in [0.05, 0.1) is 6.61 Å². The number of carbonyl (C=O) groups is 2. The third-order valence-electron chi connectivity index (χ3n) is 1.93. The molecule has 0 spiro atoms. The number of carboxylic acid groups (broad SMARTS) is 1. The number of carboxylic acids is 1. The first kappa shape index (κ1) is 20.2. The summed E-state index contributed by atoms with van der Waals surface area (Å²) in [4.78, 5) is 22.1. The summed E-state index contributed by atoms with van der Waals surface area (Å²) < 4.78 is 4.73. The van der Waals surface area contributed by atoms with Gasteiger partial charge in [-0.05, 0) is 32.3 Å². The molecular weight excluding hydrogens is 265 g/mol. The van der Waals surface area contributed by atoms with Crippen molar-refractivity contribution < 1.29 is 19.4 Å². The van der Waals surface area contributed by atoms with Crippen LogP contribution in [0.15, 0.2) is 11.8 Å². The second-order valence-corrected chi connectivity index (χ2v) is 4.38. The van der Waals surface area contributed by atoms with Gasteiger partial charge in [0.15, 0.2) is 0 Å². The first-order valence-corrected chi connectivity index (χ1v) is 6.74. The summed E-state index contributed by atoms with van der Waals surface area (Å²) in [6.45, 7) is 3.66. The van der Waals surface area contributed by atoms with Crippen molar-refractivity contribution in [2.45, 2.75) is 26.3 Å². The minimum atomic E-state index is -0.921. The van der Waals surface area contributed by atoms with Crippen LogP contribution >= 0.6 is 11.8 Å². The van der Waals surface area contributed by atoms with Gasteiger partial charge in [0.25, 0.3) is 0 Å². The number of allylic oxidation sites excluding steroid dienone is 1. The van der Waals surface area contributed by atoms with E-state index in [0.717, 1.165) is 5.75 Å². The molecule has 1 atom stereocenters. The van der Waals surface area contributed by atoms with Gasteiger partial charge in [-0.3, -0.25) is 0 Å². The SMILES string of the molecule is CCOC(=O)C=C(C)N[C@@H](CCSC)C(=O)O.[NaH]. The molecular formula is C11H20NNaO4S. The Balaban J connectivity index is 0. The molecule has 0 aromatic rings. The van der Waals surface area contributed by atoms with Crippen LogP contribution in [0.25, 0.3) is 0 Å². The number of thioether (sulfide) groups is 1. The van der Waals surface area contributed by atoms with E-state index in [9.17, 15) is 9.59 Å². The number of carbonyl (C=O) groups excluding carboxylic acids is 1. The number of nitrogens with one attached hydrogen (secondary N) is 1. The molecule has 5 nitrogen and oxygen atoms in total. The number of aliphatic carboxylic acids is 1. The predicted molar refractivity (Wildman–Crippen MR) is 75.1 cm³/mol. The van der Waals surface area contributed by atoms with Crippen molar-refractivity contribution in [1.82, 2.24) is 5.32 Å². The topological polar surface area (TPSA) is 75.6 Å². The Labute approximate surface area is 134 Å². The van der Waals surface area contributed by atoms with Crippen molar-refractivity contribution >= 4 is 53.3 Å². The fourth-order valence-corrected chi connectivity index (χ4v) is 1.64. The van der Waals surface area contributed by atoms with E-state index >= 15 is 0 Å². The minimum absolute atomic E-state index is 0. The molecule has 2 N–H and O–H groups in total. The van der Waals surface area contributed by atoms with Gasteiger partial charge in [-0.15, -0.1) is 0 Å². The Morgan fingerprint density at radius 2 is 2.11 bits per heavy atom. The van der Waals surface area contributed by atoms with E-state index < -0.39 is 18.0 Å². The summed E-state index contributed by atoms with van der Waals surface area (Å²) >= 11 is 1.58. The molecule has 0 aliphatic rings. The first-order valence-electron chi connectivity index (χ1n) is 5.34. The van der Waals surface area contributed by atoms with Crippen molar-refractivity contribution in [3.63, 3.8) is 0 Å². The van der Waals surface area contributed by atoms with Gasteiger partial charge in [-0.25, -0.2) is 9.59 Å². The molecule has 0 bridgehead atoms. The Kier molecular flexibility index (Phi) is 13.3. The molecule has 0 aliphatic heterocycles. The molecule has 0 saturated carbocycles. The molecule has 0 aliphatic carbocycles. The Hall–Kier alpha value is -0.170. The number of ether oxygens (including phenoxy) is 1. The second kappa shape index (κ2) is 11.9. The molecule has 0 heterocycles. The monoisotopic (exact) mass is 285 g/mol. The van der Waals surface area contributed by atoms with Crippen LogP contribution < -0.4 is 5.32 Å². The molecule has 0 radical (unpaired) electrons. The van der Waals surface area contributed by atoms with E-state index in [0.29, 0.717) is 18.7 Å². The van der Waals surface area contributed by atoms with Crippen molar-refractivity contribution in [3.8, 4) is 0 Å². The second-order valence-electron chi connectivity index (χ2n) is 3.40. The fraction of sp³-hybridized carbons (Fsp3) is 0.636. The van der Waals surface area contributed by atoms with E-state index in [1.165, 1.54) is 6.08 Å². The molecule has 0 aromatic heterocycles. The summed E-state index contributed by atoms with van der Waals surface area (Å²) in [6.07, 6.45) is 3.68. The molecule has 0 fully saturated rings. The van der Waals surface area contributed by atoms with Crippen LogP contribution in [0, 0.1) is 0 Å². The maximum absolute atomic E-state index is 11.1. The Bertz CT molecular complexity index is 297. The zero-order valence-corrected chi connectivity index (χ0v) is 11.2. The van der Waals surface area contributed by atoms with Crippen LogP contribution in [0.3, 0.4) is 0 Å². The van der Waals surface area contributed by atoms with E-state index in [4.69, 9.17) is 9.84 Å². The van der Waals surface area contributed by atoms with E-state index in [1.807, 2.05) is 6.26 Å². The van der Waals surface area contributed by atoms with Gasteiger partial charge < -0.3 is 15.2 Å². The molecule has 0 saturated heterocycles. The zero-order chi connectivity index (χ0) is 13.3. The molecule has 0 aromatic carbocycles. The van der Waals surface area contributed by atoms with E-state index in [1.54, 1.807) is 25.6 Å². The molecule has 100 valence electrons. The number of hydrogen-bond donors (Lipinski definition) is 2. The van der Waals surface area contributed by atoms with Gasteiger partial charge in [0.1, 0.15) is 6.04 Å². The molecule has 7 heteroatoms. The van der Waals surface area contributed by atoms with E-state index in [-0.39, 0.29) is 29.6 Å². The summed E-state index contributed by atoms with van der Waals surface area (Å²) in [7, 11) is 0. The first-order chi connectivity index (χ1) is 8.01. The average Bonchev–Trinajstić information content (AvgIpc) is 2.23. The summed E-state index contributed by atoms with van der Waals surface area (Å²) in [6, 6.07) is -0.673. The molecule has 0 rings (SSSR count). The molecule has 18 heavy (non-hydrogen) atoms. The van der Waals surface area contributed by atoms with Gasteiger partial charge in [-0.1, -0.05) is 0 Å². The zero-order valence-electron chi connectivity index (χ0n) is 10.4. The summed E-state index contributed by atoms with van der Waals surface area (Å²) in [5.74, 6) is -0.640. The van der Waals surface area contributed by atoms with Crippen LogP contribution in [0.5, 0.6) is 0 Å². The third kappa shape index (κ3) is 9.82. The predicted octanol–water partition coefficient (Wildman–Crippen LogP) is 0.601. The summed E-state index contributed by atoms with van der Waals surface area (Å²) in [5.41, 5.74) is 0.497. The Morgan fingerprint density at radius 3 is 2.56 bits per heavy atom. The van der Waals surface area contributed by atoms with Crippen LogP contribution in [0.4, 0.5) is 0 Å². The fourth-order valence-electron chi connectivity index (χ4n) is 1.17. The van der Waals surface area contributed by atoms with E-state index in [2.05, 4.69) is 5.32 Å². The van der Waals surface area contributed by atoms with Crippen LogP contribution in [-0.2, 0) is 14.3 Å². The quantitative estimate of drug-likeness (QED) is 0.386. The van der Waals surface area contributed by atoms with Crippen LogP contribution in [-0.4, -0.2) is 71.3 Å². The van der Waals surface area contributed by atoms with Crippen molar-refractivity contribution in [2.75, 3.05) is 18.6 Å². The van der Waals surface area contributed by atoms with Crippen molar-refractivity contribution in [3.05, 3.63) is 11.8 Å². The van der Waals surface area contributed by atoms with Gasteiger partial charge in [-0.2, -0.15) is 11.8 Å². The standard InChI is InChI=1S/C11H19NO4S.Na.H/c1-4-16-10(13)7-8(2)12-9(11(14)15)5-6-17-3;;/h7,9,12H,4-6H2,1-3H3,(H,14,15);;/t9-;;/m0../s1. The summed E-state index contributed by atoms with van der Waals surface area (Å²) in [5, 5.41) is 11.8. The number of rotatable bonds is 8. The van der Waals surface area contributed by atoms with Crippen LogP contribution in [0.2, 0.25) is 0 Å². The van der Waals surface area contributed by atoms with Crippen molar-refractivity contribution in [1.29, 1.82) is 0 Å². The normalized spacial score (nSPS) is 12.3. The Morgan fingerprint density at radius 1 is 1.50 bits per heavy atom. The van der Waals surface area contributed by atoms with Gasteiger partial charge in [0.2, 0.25) is 0 Å². The van der Waals surface area contributed by atoms with Gasteiger partial charge >= 0.3 is 41.5 Å².